The Morgan fingerprint density at radius 3 is 2.24 bits per heavy atom. The van der Waals surface area contributed by atoms with Gasteiger partial charge in [-0.1, -0.05) is 17.2 Å². The topological polar surface area (TPSA) is 292 Å². The Labute approximate surface area is 339 Å². The molecule has 0 fully saturated rings. The van der Waals surface area contributed by atoms with Crippen molar-refractivity contribution in [1.82, 2.24) is 9.38 Å². The van der Waals surface area contributed by atoms with Gasteiger partial charge in [-0.25, -0.2) is 10.2 Å². The molecular formula is C36H31N9O11S3. The molecule has 20 nitrogen and oxygen atoms in total. The summed E-state index contributed by atoms with van der Waals surface area (Å²) in [4.78, 5) is 4.47. The Hall–Kier alpha value is -6.23. The number of nitrogens with zero attached hydrogens (tertiary/aromatic N) is 9. The second-order valence-corrected chi connectivity index (χ2v) is 16.2. The quantitative estimate of drug-likeness (QED) is 0.0176. The zero-order valence-electron chi connectivity index (χ0n) is 30.7. The molecule has 2 heterocycles. The van der Waals surface area contributed by atoms with E-state index in [9.17, 15) is 31.8 Å². The minimum absolute atomic E-state index is 0.0182. The molecular weight excluding hydrogens is 831 g/mol. The van der Waals surface area contributed by atoms with E-state index >= 15 is 0 Å². The first-order valence-electron chi connectivity index (χ1n) is 17.0. The van der Waals surface area contributed by atoms with Crippen LogP contribution in [-0.4, -0.2) is 58.0 Å². The number of unbranched alkanes of at least 4 members (excludes halogenated alkanes) is 1. The molecule has 0 aliphatic rings. The van der Waals surface area contributed by atoms with Crippen molar-refractivity contribution < 1.29 is 50.4 Å². The van der Waals surface area contributed by atoms with Gasteiger partial charge in [-0.3, -0.25) is 13.5 Å². The third kappa shape index (κ3) is 10.3. The van der Waals surface area contributed by atoms with Crippen LogP contribution in [0.1, 0.15) is 29.5 Å². The molecule has 59 heavy (non-hydrogen) atoms. The zero-order chi connectivity index (χ0) is 42.3. The van der Waals surface area contributed by atoms with Gasteiger partial charge in [0.15, 0.2) is 11.3 Å². The van der Waals surface area contributed by atoms with Crippen LogP contribution in [0.25, 0.3) is 16.7 Å². The number of nitriles is 1. The molecule has 6 aromatic rings. The minimum atomic E-state index is -4.84. The Morgan fingerprint density at radius 1 is 0.831 bits per heavy atom. The molecule has 0 bridgehead atoms. The normalized spacial score (nSPS) is 12.4. The van der Waals surface area contributed by atoms with E-state index in [1.165, 1.54) is 28.7 Å². The first-order valence-corrected chi connectivity index (χ1v) is 20.8. The number of ether oxygens (including phenoxy) is 1. The van der Waals surface area contributed by atoms with Crippen molar-refractivity contribution in [3.63, 3.8) is 0 Å². The molecule has 0 unspecified atom stereocenters. The van der Waals surface area contributed by atoms with Crippen LogP contribution >= 0.6 is 12.0 Å². The van der Waals surface area contributed by atoms with Crippen LogP contribution < -0.4 is 4.74 Å². The molecule has 0 atom stereocenters. The summed E-state index contributed by atoms with van der Waals surface area (Å²) in [6.07, 6.45) is 0.283. The number of aromatic nitrogens is 2. The number of hydrogen-bond acceptors (Lipinski definition) is 18. The first kappa shape index (κ1) is 42.4. The van der Waals surface area contributed by atoms with E-state index in [0.29, 0.717) is 32.7 Å². The van der Waals surface area contributed by atoms with Gasteiger partial charge in [0.25, 0.3) is 20.2 Å². The summed E-state index contributed by atoms with van der Waals surface area (Å²) in [7, 11) is -9.04. The first-order chi connectivity index (χ1) is 28.2. The molecule has 4 aromatic carbocycles. The Kier molecular flexibility index (Phi) is 13.0. The van der Waals surface area contributed by atoms with E-state index < -0.39 is 30.9 Å². The maximum Gasteiger partial charge on any atom is 0.296 e. The summed E-state index contributed by atoms with van der Waals surface area (Å²) in [5, 5.41) is 58.3. The van der Waals surface area contributed by atoms with Crippen LogP contribution in [-0.2, 0) is 29.6 Å². The minimum Gasteiger partial charge on any atom is -0.493 e. The summed E-state index contributed by atoms with van der Waals surface area (Å²) in [5.41, 5.74) is 2.76. The largest absolute Gasteiger partial charge is 0.493 e. The molecule has 6 rings (SSSR count). The van der Waals surface area contributed by atoms with Crippen molar-refractivity contribution in [2.75, 3.05) is 12.4 Å². The van der Waals surface area contributed by atoms with Crippen molar-refractivity contribution in [1.29, 1.82) is 5.26 Å². The summed E-state index contributed by atoms with van der Waals surface area (Å²) in [5.74, 6) is -0.721. The average molecular weight is 862 g/mol. The molecule has 0 aliphatic carbocycles. The van der Waals surface area contributed by atoms with Crippen LogP contribution in [0.3, 0.4) is 0 Å². The lowest BCUT2D eigenvalue weighted by Gasteiger charge is -2.12. The zero-order valence-corrected chi connectivity index (χ0v) is 33.2. The van der Waals surface area contributed by atoms with Crippen molar-refractivity contribution in [3.05, 3.63) is 95.6 Å². The van der Waals surface area contributed by atoms with E-state index in [-0.39, 0.29) is 70.7 Å². The molecule has 4 N–H and O–H groups in total. The van der Waals surface area contributed by atoms with E-state index in [2.05, 4.69) is 51.1 Å². The van der Waals surface area contributed by atoms with Gasteiger partial charge in [-0.05, 0) is 92.9 Å². The van der Waals surface area contributed by atoms with E-state index in [1.54, 1.807) is 62.4 Å². The lowest BCUT2D eigenvalue weighted by Crippen LogP contribution is -2.06. The fourth-order valence-electron chi connectivity index (χ4n) is 5.56. The van der Waals surface area contributed by atoms with E-state index in [0.717, 1.165) is 18.1 Å². The maximum atomic E-state index is 12.4. The number of imidazole rings is 1. The van der Waals surface area contributed by atoms with Crippen molar-refractivity contribution in [3.8, 4) is 17.7 Å². The molecule has 2 aromatic heterocycles. The third-order valence-corrected chi connectivity index (χ3v) is 10.7. The van der Waals surface area contributed by atoms with Gasteiger partial charge >= 0.3 is 0 Å². The predicted octanol–water partition coefficient (Wildman–Crippen LogP) is 9.65. The highest BCUT2D eigenvalue weighted by Crippen LogP contribution is 2.41. The van der Waals surface area contributed by atoms with Crippen molar-refractivity contribution in [2.24, 2.45) is 30.7 Å². The average Bonchev–Trinajstić information content (AvgIpc) is 3.58. The van der Waals surface area contributed by atoms with Gasteiger partial charge in [-0.2, -0.15) is 37.4 Å². The smallest absolute Gasteiger partial charge is 0.296 e. The highest BCUT2D eigenvalue weighted by molar-refractivity contribution is 7.94. The highest BCUT2D eigenvalue weighted by atomic mass is 32.2. The van der Waals surface area contributed by atoms with Gasteiger partial charge < -0.3 is 9.84 Å². The second kappa shape index (κ2) is 18.1. The number of hydrogen-bond donors (Lipinski definition) is 4. The number of fused-ring (bicyclic) bond motifs is 3. The molecule has 0 amide bonds. The Morgan fingerprint density at radius 2 is 1.53 bits per heavy atom. The lowest BCUT2D eigenvalue weighted by molar-refractivity contribution is -0.432. The van der Waals surface area contributed by atoms with Gasteiger partial charge in [0.2, 0.25) is 5.88 Å². The number of aryl methyl sites for hydroxylation is 1. The highest BCUT2D eigenvalue weighted by Gasteiger charge is 2.21. The summed E-state index contributed by atoms with van der Waals surface area (Å²) in [6.45, 7) is 3.21. The lowest BCUT2D eigenvalue weighted by atomic mass is 10.1. The standard InChI is InChI=1S/C36H31N9O11S3/c1-21-17-30(43-44-34-22(2)26(20-37)35-38-27-7-3-4-8-31(27)45(35)36(34)46)32(54-15-5-6-16-58(48,49)50)19-29(21)42-41-28-14-11-24(18-33(28)59(51,52)53)40-39-23-9-12-25(13-10-23)57-56-55-47/h3-4,7-14,17-19,46-47H,5-6,15-16H2,1-2H3,(H,48,49,50)(H,51,52,53). The summed E-state index contributed by atoms with van der Waals surface area (Å²) in [6, 6.07) is 22.2. The van der Waals surface area contributed by atoms with Crippen molar-refractivity contribution >= 4 is 83.1 Å². The van der Waals surface area contributed by atoms with Gasteiger partial charge in [0.1, 0.15) is 33.7 Å². The molecule has 304 valence electrons. The predicted molar refractivity (Wildman–Crippen MR) is 212 cm³/mol. The van der Waals surface area contributed by atoms with E-state index in [1.807, 2.05) is 0 Å². The molecule has 23 heteroatoms. The Bertz CT molecular complexity index is 2910. The number of aromatic hydroxyl groups is 1. The fourth-order valence-corrected chi connectivity index (χ4v) is 7.13. The number of pyridine rings is 1. The second-order valence-electron chi connectivity index (χ2n) is 12.4. The SMILES string of the molecule is Cc1cc(N=Nc2c(C)c(C#N)c3nc4ccccc4n3c2O)c(OCCCCS(=O)(=O)O)cc1N=Nc1ccc(N=Nc2ccc(SOOO)cc2)cc1S(=O)(=O)O. The van der Waals surface area contributed by atoms with Gasteiger partial charge in [-0.15, -0.1) is 19.7 Å². The molecule has 0 spiro atoms. The monoisotopic (exact) mass is 861 g/mol. The number of azo groups is 3. The summed E-state index contributed by atoms with van der Waals surface area (Å²) < 4.78 is 78.2. The van der Waals surface area contributed by atoms with Gasteiger partial charge in [0.05, 0.1) is 52.5 Å². The number of para-hydroxylation sites is 2. The fraction of sp³-hybridized carbons (Fsp3) is 0.167. The van der Waals surface area contributed by atoms with Crippen LogP contribution in [0.15, 0.2) is 119 Å². The van der Waals surface area contributed by atoms with Crippen LogP contribution in [0.4, 0.5) is 34.1 Å². The molecule has 0 saturated heterocycles. The molecule has 0 aliphatic heterocycles. The summed E-state index contributed by atoms with van der Waals surface area (Å²) >= 11 is 0.745. The van der Waals surface area contributed by atoms with Gasteiger partial charge in [0, 0.05) is 16.5 Å². The molecule has 0 radical (unpaired) electrons. The maximum absolute atomic E-state index is 12.4. The Balaban J connectivity index is 1.33. The van der Waals surface area contributed by atoms with Crippen LogP contribution in [0.2, 0.25) is 0 Å². The molecule has 0 saturated carbocycles. The van der Waals surface area contributed by atoms with E-state index in [4.69, 9.17) is 14.5 Å². The number of benzene rings is 4. The van der Waals surface area contributed by atoms with Crippen LogP contribution in [0.5, 0.6) is 11.6 Å². The third-order valence-electron chi connectivity index (χ3n) is 8.40. The van der Waals surface area contributed by atoms with Crippen LogP contribution in [0, 0.1) is 25.2 Å². The number of rotatable bonds is 16. The van der Waals surface area contributed by atoms with Crippen molar-refractivity contribution in [2.45, 2.75) is 36.5 Å².